The van der Waals surface area contributed by atoms with Gasteiger partial charge in [-0.15, -0.1) is 0 Å². The number of carbonyl (C=O) groups excluding carboxylic acids is 1. The molecule has 0 saturated carbocycles. The molecule has 1 amide bonds. The third-order valence-corrected chi connectivity index (χ3v) is 3.42. The van der Waals surface area contributed by atoms with E-state index in [0.29, 0.717) is 11.3 Å². The average molecular weight is 244 g/mol. The summed E-state index contributed by atoms with van der Waals surface area (Å²) in [6.07, 6.45) is 1.55. The number of nitrogens with zero attached hydrogens (tertiary/aromatic N) is 2. The quantitative estimate of drug-likeness (QED) is 0.753. The lowest BCUT2D eigenvalue weighted by atomic mass is 9.96. The van der Waals surface area contributed by atoms with Gasteiger partial charge in [0.05, 0.1) is 11.3 Å². The molecule has 2 rings (SSSR count). The van der Waals surface area contributed by atoms with Crippen LogP contribution in [-0.4, -0.2) is 19.0 Å². The number of piperidine rings is 1. The van der Waals surface area contributed by atoms with Crippen molar-refractivity contribution < 1.29 is 4.79 Å². The zero-order valence-corrected chi connectivity index (χ0v) is 10.1. The summed E-state index contributed by atoms with van der Waals surface area (Å²) < 4.78 is 0. The lowest BCUT2D eigenvalue weighted by molar-refractivity contribution is -0.122. The number of primary amides is 1. The summed E-state index contributed by atoms with van der Waals surface area (Å²) >= 11 is 0. The molecule has 0 atom stereocenters. The van der Waals surface area contributed by atoms with Gasteiger partial charge < -0.3 is 16.4 Å². The Morgan fingerprint density at radius 1 is 1.39 bits per heavy atom. The monoisotopic (exact) mass is 244 g/mol. The predicted molar refractivity (Wildman–Crippen MR) is 69.7 cm³/mol. The fourth-order valence-electron chi connectivity index (χ4n) is 2.27. The molecule has 5 heteroatoms. The molecule has 1 fully saturated rings. The molecule has 1 aromatic rings. The minimum Gasteiger partial charge on any atom is -0.398 e. The lowest BCUT2D eigenvalue weighted by Crippen LogP contribution is -2.38. The van der Waals surface area contributed by atoms with Gasteiger partial charge in [0.2, 0.25) is 5.91 Å². The van der Waals surface area contributed by atoms with E-state index in [1.807, 2.05) is 18.2 Å². The van der Waals surface area contributed by atoms with E-state index in [4.69, 9.17) is 16.7 Å². The summed E-state index contributed by atoms with van der Waals surface area (Å²) in [7, 11) is 0. The van der Waals surface area contributed by atoms with Crippen LogP contribution in [0, 0.1) is 17.2 Å². The molecular formula is C13H16N4O. The molecular weight excluding hydrogens is 228 g/mol. The number of nitriles is 1. The first-order valence-electron chi connectivity index (χ1n) is 5.95. The normalized spacial score (nSPS) is 16.3. The van der Waals surface area contributed by atoms with Gasteiger partial charge in [-0.2, -0.15) is 5.26 Å². The van der Waals surface area contributed by atoms with Crippen LogP contribution < -0.4 is 16.4 Å². The first kappa shape index (κ1) is 12.2. The molecule has 94 valence electrons. The van der Waals surface area contributed by atoms with Crippen LogP contribution in [-0.2, 0) is 4.79 Å². The van der Waals surface area contributed by atoms with Crippen molar-refractivity contribution in [1.29, 1.82) is 5.26 Å². The molecule has 1 heterocycles. The van der Waals surface area contributed by atoms with E-state index in [2.05, 4.69) is 4.90 Å². The number of nitrogens with two attached hydrogens (primary N) is 2. The van der Waals surface area contributed by atoms with Gasteiger partial charge in [-0.1, -0.05) is 0 Å². The molecule has 0 aliphatic carbocycles. The molecule has 1 aliphatic heterocycles. The van der Waals surface area contributed by atoms with Gasteiger partial charge in [0.25, 0.3) is 0 Å². The Morgan fingerprint density at radius 3 is 2.56 bits per heavy atom. The highest BCUT2D eigenvalue weighted by Crippen LogP contribution is 2.26. The van der Waals surface area contributed by atoms with Crippen LogP contribution in [0.2, 0.25) is 0 Å². The zero-order chi connectivity index (χ0) is 13.1. The lowest BCUT2D eigenvalue weighted by Gasteiger charge is -2.32. The fraction of sp³-hybridized carbons (Fsp3) is 0.385. The highest BCUT2D eigenvalue weighted by molar-refractivity contribution is 5.77. The number of anilines is 2. The second kappa shape index (κ2) is 4.96. The molecule has 4 N–H and O–H groups in total. The zero-order valence-electron chi connectivity index (χ0n) is 10.1. The van der Waals surface area contributed by atoms with Gasteiger partial charge in [0.1, 0.15) is 6.07 Å². The maximum Gasteiger partial charge on any atom is 0.220 e. The number of hydrogen-bond acceptors (Lipinski definition) is 4. The van der Waals surface area contributed by atoms with Crippen molar-refractivity contribution >= 4 is 17.3 Å². The number of rotatable bonds is 2. The van der Waals surface area contributed by atoms with Crippen molar-refractivity contribution in [2.45, 2.75) is 12.8 Å². The summed E-state index contributed by atoms with van der Waals surface area (Å²) in [5, 5.41) is 8.82. The molecule has 0 radical (unpaired) electrons. The molecule has 0 unspecified atom stereocenters. The van der Waals surface area contributed by atoms with E-state index in [1.54, 1.807) is 6.07 Å². The predicted octanol–water partition coefficient (Wildman–Crippen LogP) is 0.842. The summed E-state index contributed by atoms with van der Waals surface area (Å²) in [5.41, 5.74) is 13.1. The maximum absolute atomic E-state index is 11.1. The number of nitrogen functional groups attached to an aromatic ring is 1. The smallest absolute Gasteiger partial charge is 0.220 e. The van der Waals surface area contributed by atoms with Gasteiger partial charge >= 0.3 is 0 Å². The molecule has 0 spiro atoms. The first-order chi connectivity index (χ1) is 8.61. The topological polar surface area (TPSA) is 96.1 Å². The van der Waals surface area contributed by atoms with Crippen molar-refractivity contribution in [3.63, 3.8) is 0 Å². The minimum atomic E-state index is -0.214. The van der Waals surface area contributed by atoms with Crippen molar-refractivity contribution in [1.82, 2.24) is 0 Å². The maximum atomic E-state index is 11.1. The summed E-state index contributed by atoms with van der Waals surface area (Å²) in [4.78, 5) is 13.2. The van der Waals surface area contributed by atoms with Crippen LogP contribution in [0.3, 0.4) is 0 Å². The Hall–Kier alpha value is -2.22. The van der Waals surface area contributed by atoms with Crippen LogP contribution in [0.1, 0.15) is 18.4 Å². The van der Waals surface area contributed by atoms with Gasteiger partial charge in [0.15, 0.2) is 0 Å². The van der Waals surface area contributed by atoms with Gasteiger partial charge in [0, 0.05) is 24.7 Å². The van der Waals surface area contributed by atoms with E-state index < -0.39 is 0 Å². The molecule has 0 bridgehead atoms. The van der Waals surface area contributed by atoms with Gasteiger partial charge in [-0.25, -0.2) is 0 Å². The third kappa shape index (κ3) is 2.38. The van der Waals surface area contributed by atoms with E-state index in [-0.39, 0.29) is 11.8 Å². The molecule has 1 aliphatic rings. The van der Waals surface area contributed by atoms with E-state index in [9.17, 15) is 4.79 Å². The molecule has 1 saturated heterocycles. The number of amides is 1. The van der Waals surface area contributed by atoms with Crippen molar-refractivity contribution in [2.75, 3.05) is 23.7 Å². The number of benzene rings is 1. The Labute approximate surface area is 106 Å². The molecule has 5 nitrogen and oxygen atoms in total. The van der Waals surface area contributed by atoms with Crippen LogP contribution in [0.25, 0.3) is 0 Å². The Balaban J connectivity index is 2.08. The van der Waals surface area contributed by atoms with Crippen molar-refractivity contribution in [3.05, 3.63) is 23.8 Å². The molecule has 18 heavy (non-hydrogen) atoms. The Kier molecular flexibility index (Phi) is 3.38. The molecule has 1 aromatic carbocycles. The minimum absolute atomic E-state index is 0.0167. The standard InChI is InChI=1S/C13H16N4O/c14-8-10-1-2-11(7-12(10)15)17-5-3-9(4-6-17)13(16)18/h1-2,7,9H,3-6,15H2,(H2,16,18). The SMILES string of the molecule is N#Cc1ccc(N2CCC(C(N)=O)CC2)cc1N. The summed E-state index contributed by atoms with van der Waals surface area (Å²) in [6.45, 7) is 1.58. The highest BCUT2D eigenvalue weighted by Gasteiger charge is 2.23. The van der Waals surface area contributed by atoms with E-state index in [1.165, 1.54) is 0 Å². The van der Waals surface area contributed by atoms with Gasteiger partial charge in [-0.05, 0) is 31.0 Å². The van der Waals surface area contributed by atoms with Crippen LogP contribution in [0.5, 0.6) is 0 Å². The highest BCUT2D eigenvalue weighted by atomic mass is 16.1. The largest absolute Gasteiger partial charge is 0.398 e. The fourth-order valence-corrected chi connectivity index (χ4v) is 2.27. The summed E-state index contributed by atoms with van der Waals surface area (Å²) in [5.74, 6) is -0.231. The van der Waals surface area contributed by atoms with Crippen LogP contribution >= 0.6 is 0 Å². The van der Waals surface area contributed by atoms with Crippen LogP contribution in [0.4, 0.5) is 11.4 Å². The number of hydrogen-bond donors (Lipinski definition) is 2. The van der Waals surface area contributed by atoms with Crippen molar-refractivity contribution in [3.8, 4) is 6.07 Å². The molecule has 0 aromatic heterocycles. The third-order valence-electron chi connectivity index (χ3n) is 3.42. The first-order valence-corrected chi connectivity index (χ1v) is 5.95. The second-order valence-electron chi connectivity index (χ2n) is 4.55. The number of carbonyl (C=O) groups is 1. The van der Waals surface area contributed by atoms with E-state index >= 15 is 0 Å². The van der Waals surface area contributed by atoms with Crippen molar-refractivity contribution in [2.24, 2.45) is 11.7 Å². The average Bonchev–Trinajstić information content (AvgIpc) is 2.38. The summed E-state index contributed by atoms with van der Waals surface area (Å²) in [6, 6.07) is 7.47. The van der Waals surface area contributed by atoms with E-state index in [0.717, 1.165) is 31.6 Å². The van der Waals surface area contributed by atoms with Gasteiger partial charge in [-0.3, -0.25) is 4.79 Å². The second-order valence-corrected chi connectivity index (χ2v) is 4.55. The Morgan fingerprint density at radius 2 is 2.06 bits per heavy atom. The Bertz CT molecular complexity index is 498. The van der Waals surface area contributed by atoms with Crippen LogP contribution in [0.15, 0.2) is 18.2 Å².